The monoisotopic (exact) mass is 504 g/mol. The Kier molecular flexibility index (Phi) is 6.63. The van der Waals surface area contributed by atoms with Gasteiger partial charge in [-0.05, 0) is 24.3 Å². The number of carbonyl (C=O) groups is 2. The molecule has 1 saturated heterocycles. The van der Waals surface area contributed by atoms with Crippen LogP contribution in [-0.2, 0) is 4.74 Å². The molecule has 0 aliphatic carbocycles. The molecule has 2 amide bonds. The maximum atomic E-state index is 12.9. The molecule has 0 spiro atoms. The maximum absolute atomic E-state index is 12.9. The summed E-state index contributed by atoms with van der Waals surface area (Å²) in [6, 6.07) is 17.0. The van der Waals surface area contributed by atoms with Crippen molar-refractivity contribution in [2.24, 2.45) is 0 Å². The maximum Gasteiger partial charge on any atom is 0.258 e. The van der Waals surface area contributed by atoms with Gasteiger partial charge < -0.3 is 25.4 Å². The molecule has 0 saturated carbocycles. The van der Waals surface area contributed by atoms with Crippen molar-refractivity contribution < 1.29 is 29.6 Å². The number of nitrogens with zero attached hydrogens (tertiary/aromatic N) is 4. The second-order valence-electron chi connectivity index (χ2n) is 8.57. The first-order chi connectivity index (χ1) is 17.9. The summed E-state index contributed by atoms with van der Waals surface area (Å²) in [7, 11) is 0. The molecule has 2 aromatic heterocycles. The lowest BCUT2D eigenvalue weighted by Gasteiger charge is -2.27. The fraction of sp³-hybridized carbons (Fsp3) is 0.240. The molecule has 12 nitrogen and oxygen atoms in total. The quantitative estimate of drug-likeness (QED) is 0.249. The SMILES string of the molecule is O=C(Nc1nc(NC(=O)c2ccccc2)c2ncn([C@@H]3C[C@H](O)C(CO)(CO)O3)c2n1)c1ccccc1. The molecular formula is C25H24N6O6. The van der Waals surface area contributed by atoms with E-state index in [1.807, 2.05) is 0 Å². The Labute approximate surface area is 210 Å². The number of nitrogens with one attached hydrogen (secondary N) is 2. The smallest absolute Gasteiger partial charge is 0.258 e. The number of carbonyl (C=O) groups excluding carboxylic acids is 2. The first-order valence-corrected chi connectivity index (χ1v) is 11.5. The van der Waals surface area contributed by atoms with Crippen LogP contribution in [0.25, 0.3) is 11.2 Å². The molecule has 0 unspecified atom stereocenters. The summed E-state index contributed by atoms with van der Waals surface area (Å²) in [6.07, 6.45) is -0.567. The van der Waals surface area contributed by atoms with Gasteiger partial charge >= 0.3 is 0 Å². The number of aliphatic hydroxyl groups excluding tert-OH is 3. The summed E-state index contributed by atoms with van der Waals surface area (Å²) in [6.45, 7) is -1.20. The summed E-state index contributed by atoms with van der Waals surface area (Å²) in [5.41, 5.74) is -0.367. The molecule has 12 heteroatoms. The highest BCUT2D eigenvalue weighted by Gasteiger charge is 2.48. The normalized spacial score (nSPS) is 18.6. The zero-order valence-corrected chi connectivity index (χ0v) is 19.5. The summed E-state index contributed by atoms with van der Waals surface area (Å²) < 4.78 is 7.32. The molecule has 0 radical (unpaired) electrons. The van der Waals surface area contributed by atoms with E-state index in [1.54, 1.807) is 60.7 Å². The van der Waals surface area contributed by atoms with Gasteiger partial charge in [-0.3, -0.25) is 19.5 Å². The van der Waals surface area contributed by atoms with E-state index in [4.69, 9.17) is 4.74 Å². The van der Waals surface area contributed by atoms with Crippen LogP contribution in [0.3, 0.4) is 0 Å². The van der Waals surface area contributed by atoms with Crippen molar-refractivity contribution in [3.05, 3.63) is 78.1 Å². The lowest BCUT2D eigenvalue weighted by molar-refractivity contribution is -0.148. The molecule has 190 valence electrons. The Morgan fingerprint density at radius 2 is 1.54 bits per heavy atom. The summed E-state index contributed by atoms with van der Waals surface area (Å²) >= 11 is 0. The van der Waals surface area contributed by atoms with Crippen LogP contribution < -0.4 is 10.6 Å². The number of anilines is 2. The number of amides is 2. The second kappa shape index (κ2) is 10.0. The van der Waals surface area contributed by atoms with E-state index >= 15 is 0 Å². The van der Waals surface area contributed by atoms with Gasteiger partial charge in [-0.1, -0.05) is 36.4 Å². The van der Waals surface area contributed by atoms with E-state index in [0.29, 0.717) is 11.1 Å². The zero-order chi connectivity index (χ0) is 26.0. The number of hydrogen-bond donors (Lipinski definition) is 5. The standard InChI is InChI=1S/C25H24N6O6/c32-12-25(13-33)17(34)11-18(37-25)31-14-26-19-20(27-22(35)15-7-3-1-4-8-15)28-24(29-21(19)31)30-23(36)16-9-5-2-6-10-16/h1-10,14,17-18,32-34H,11-13H2,(H2,27,28,29,30,35,36)/t17-,18-/m0/s1. The largest absolute Gasteiger partial charge is 0.393 e. The Bertz CT molecular complexity index is 1420. The minimum atomic E-state index is -1.55. The average molecular weight is 505 g/mol. The van der Waals surface area contributed by atoms with Crippen LogP contribution in [0.2, 0.25) is 0 Å². The molecule has 5 N–H and O–H groups in total. The number of ether oxygens (including phenoxy) is 1. The first-order valence-electron chi connectivity index (χ1n) is 11.5. The summed E-state index contributed by atoms with van der Waals surface area (Å²) in [5, 5.41) is 35.3. The van der Waals surface area contributed by atoms with E-state index in [9.17, 15) is 24.9 Å². The summed E-state index contributed by atoms with van der Waals surface area (Å²) in [4.78, 5) is 38.7. The first kappa shape index (κ1) is 24.5. The van der Waals surface area contributed by atoms with Gasteiger partial charge in [-0.2, -0.15) is 9.97 Å². The molecular weight excluding hydrogens is 480 g/mol. The highest BCUT2D eigenvalue weighted by Crippen LogP contribution is 2.38. The number of aromatic nitrogens is 4. The van der Waals surface area contributed by atoms with Crippen LogP contribution in [0.5, 0.6) is 0 Å². The van der Waals surface area contributed by atoms with Crippen LogP contribution >= 0.6 is 0 Å². The van der Waals surface area contributed by atoms with Crippen LogP contribution in [0, 0.1) is 0 Å². The van der Waals surface area contributed by atoms with Crippen molar-refractivity contribution in [2.75, 3.05) is 23.8 Å². The molecule has 3 heterocycles. The molecule has 1 aliphatic heterocycles. The number of rotatable bonds is 7. The fourth-order valence-corrected chi connectivity index (χ4v) is 4.11. The van der Waals surface area contributed by atoms with Crippen LogP contribution in [0.15, 0.2) is 67.0 Å². The number of hydrogen-bond acceptors (Lipinski definition) is 9. The number of imidazole rings is 1. The van der Waals surface area contributed by atoms with Gasteiger partial charge in [0.25, 0.3) is 11.8 Å². The average Bonchev–Trinajstić information content (AvgIpc) is 3.50. The van der Waals surface area contributed by atoms with Gasteiger partial charge in [0.05, 0.1) is 25.6 Å². The van der Waals surface area contributed by atoms with Crippen LogP contribution in [-0.4, -0.2) is 71.6 Å². The van der Waals surface area contributed by atoms with Gasteiger partial charge in [0, 0.05) is 17.5 Å². The molecule has 5 rings (SSSR count). The van der Waals surface area contributed by atoms with E-state index in [2.05, 4.69) is 25.6 Å². The van der Waals surface area contributed by atoms with Crippen molar-refractivity contribution in [2.45, 2.75) is 24.4 Å². The minimum Gasteiger partial charge on any atom is -0.393 e. The third kappa shape index (κ3) is 4.66. The van der Waals surface area contributed by atoms with E-state index < -0.39 is 43.0 Å². The lowest BCUT2D eigenvalue weighted by Crippen LogP contribution is -2.46. The van der Waals surface area contributed by atoms with Gasteiger partial charge in [0.2, 0.25) is 5.95 Å². The topological polar surface area (TPSA) is 172 Å². The van der Waals surface area contributed by atoms with Crippen molar-refractivity contribution in [1.82, 2.24) is 19.5 Å². The van der Waals surface area contributed by atoms with Crippen molar-refractivity contribution in [1.29, 1.82) is 0 Å². The molecule has 1 fully saturated rings. The number of fused-ring (bicyclic) bond motifs is 1. The Morgan fingerprint density at radius 1 is 0.946 bits per heavy atom. The highest BCUT2D eigenvalue weighted by molar-refractivity contribution is 6.08. The van der Waals surface area contributed by atoms with Crippen LogP contribution in [0.4, 0.5) is 11.8 Å². The van der Waals surface area contributed by atoms with Gasteiger partial charge in [-0.15, -0.1) is 0 Å². The van der Waals surface area contributed by atoms with Crippen molar-refractivity contribution in [3.8, 4) is 0 Å². The molecule has 2 atom stereocenters. The van der Waals surface area contributed by atoms with Gasteiger partial charge in [0.15, 0.2) is 17.0 Å². The van der Waals surface area contributed by atoms with Gasteiger partial charge in [0.1, 0.15) is 11.8 Å². The highest BCUT2D eigenvalue weighted by atomic mass is 16.6. The Balaban J connectivity index is 1.54. The van der Waals surface area contributed by atoms with Crippen molar-refractivity contribution in [3.63, 3.8) is 0 Å². The van der Waals surface area contributed by atoms with E-state index in [-0.39, 0.29) is 29.4 Å². The van der Waals surface area contributed by atoms with E-state index in [1.165, 1.54) is 10.9 Å². The minimum absolute atomic E-state index is 0.0357. The van der Waals surface area contributed by atoms with E-state index in [0.717, 1.165) is 0 Å². The zero-order valence-electron chi connectivity index (χ0n) is 19.5. The Morgan fingerprint density at radius 3 is 2.11 bits per heavy atom. The Hall–Kier alpha value is -4.23. The number of benzene rings is 2. The van der Waals surface area contributed by atoms with Gasteiger partial charge in [-0.25, -0.2) is 4.98 Å². The lowest BCUT2D eigenvalue weighted by atomic mass is 9.99. The number of aliphatic hydroxyl groups is 3. The molecule has 2 aromatic carbocycles. The van der Waals surface area contributed by atoms with Crippen LogP contribution in [0.1, 0.15) is 33.4 Å². The third-order valence-corrected chi connectivity index (χ3v) is 6.20. The predicted octanol–water partition coefficient (Wildman–Crippen LogP) is 1.33. The fourth-order valence-electron chi connectivity index (χ4n) is 4.11. The second-order valence-corrected chi connectivity index (χ2v) is 8.57. The molecule has 37 heavy (non-hydrogen) atoms. The molecule has 0 bridgehead atoms. The predicted molar refractivity (Wildman–Crippen MR) is 132 cm³/mol. The molecule has 1 aliphatic rings. The molecule has 4 aromatic rings. The van der Waals surface area contributed by atoms with Crippen molar-refractivity contribution >= 4 is 34.7 Å². The summed E-state index contributed by atoms with van der Waals surface area (Å²) in [5.74, 6) is -0.947. The third-order valence-electron chi connectivity index (χ3n) is 6.20.